The summed E-state index contributed by atoms with van der Waals surface area (Å²) in [6, 6.07) is 15.5. The van der Waals surface area contributed by atoms with Crippen LogP contribution >= 0.6 is 0 Å². The Morgan fingerprint density at radius 1 is 1.14 bits per heavy atom. The third-order valence-corrected chi connectivity index (χ3v) is 4.98. The zero-order valence-corrected chi connectivity index (χ0v) is 16.1. The molecule has 3 aromatic rings. The number of benzene rings is 2. The van der Waals surface area contributed by atoms with Crippen molar-refractivity contribution in [3.05, 3.63) is 70.9 Å². The van der Waals surface area contributed by atoms with Crippen LogP contribution in [0.1, 0.15) is 46.4 Å². The molecule has 0 aliphatic heterocycles. The Kier molecular flexibility index (Phi) is 5.62. The number of ketones is 1. The highest BCUT2D eigenvalue weighted by Gasteiger charge is 2.21. The van der Waals surface area contributed by atoms with Gasteiger partial charge in [0.25, 0.3) is 0 Å². The molecule has 2 N–H and O–H groups in total. The number of fused-ring (bicyclic) bond motifs is 3. The maximum atomic E-state index is 12.1. The van der Waals surface area contributed by atoms with E-state index in [0.717, 1.165) is 46.1 Å². The molecule has 0 radical (unpaired) electrons. The maximum Gasteiger partial charge on any atom is 0.407 e. The van der Waals surface area contributed by atoms with Gasteiger partial charge in [0.1, 0.15) is 6.61 Å². The van der Waals surface area contributed by atoms with Crippen LogP contribution in [0, 0.1) is 11.8 Å². The lowest BCUT2D eigenvalue weighted by molar-refractivity contribution is 0.0968. The summed E-state index contributed by atoms with van der Waals surface area (Å²) in [5.41, 5.74) is 4.71. The molecule has 5 heteroatoms. The van der Waals surface area contributed by atoms with E-state index in [0.29, 0.717) is 19.4 Å². The first kappa shape index (κ1) is 18.8. The largest absolute Gasteiger partial charge is 0.445 e. The fraction of sp³-hybridized carbons (Fsp3) is 0.250. The second-order valence-electron chi connectivity index (χ2n) is 7.06. The predicted octanol–water partition coefficient (Wildman–Crippen LogP) is 4.35. The van der Waals surface area contributed by atoms with Crippen molar-refractivity contribution in [2.24, 2.45) is 0 Å². The summed E-state index contributed by atoms with van der Waals surface area (Å²) >= 11 is 0. The number of aromatic nitrogens is 1. The van der Waals surface area contributed by atoms with Gasteiger partial charge in [-0.2, -0.15) is 0 Å². The molecule has 4 rings (SSSR count). The number of aryl methyl sites for hydroxylation is 1. The van der Waals surface area contributed by atoms with Crippen LogP contribution in [-0.4, -0.2) is 23.4 Å². The zero-order chi connectivity index (χ0) is 20.1. The normalized spacial score (nSPS) is 12.8. The SMILES string of the molecule is O=C(NCCC#Cc1ccc2[nH]c3c(c2c1)CCCC3=O)OCc1ccccc1. The second kappa shape index (κ2) is 8.66. The molecule has 29 heavy (non-hydrogen) atoms. The van der Waals surface area contributed by atoms with Crippen molar-refractivity contribution in [2.45, 2.75) is 32.3 Å². The number of hydrogen-bond acceptors (Lipinski definition) is 3. The number of hydrogen-bond donors (Lipinski definition) is 2. The minimum absolute atomic E-state index is 0.195. The Balaban J connectivity index is 1.30. The van der Waals surface area contributed by atoms with E-state index in [1.54, 1.807) is 0 Å². The monoisotopic (exact) mass is 386 g/mol. The molecular weight excluding hydrogens is 364 g/mol. The molecule has 146 valence electrons. The number of nitrogens with one attached hydrogen (secondary N) is 2. The van der Waals surface area contributed by atoms with Crippen LogP contribution in [0.25, 0.3) is 10.9 Å². The minimum atomic E-state index is -0.444. The van der Waals surface area contributed by atoms with Crippen molar-refractivity contribution < 1.29 is 14.3 Å². The molecule has 0 fully saturated rings. The molecule has 0 saturated carbocycles. The lowest BCUT2D eigenvalue weighted by atomic mass is 9.94. The van der Waals surface area contributed by atoms with Crippen molar-refractivity contribution in [2.75, 3.05) is 6.54 Å². The first-order valence-corrected chi connectivity index (χ1v) is 9.82. The molecule has 0 spiro atoms. The lowest BCUT2D eigenvalue weighted by Crippen LogP contribution is -2.24. The first-order valence-electron chi connectivity index (χ1n) is 9.82. The summed E-state index contributed by atoms with van der Waals surface area (Å²) < 4.78 is 5.16. The van der Waals surface area contributed by atoms with Crippen molar-refractivity contribution >= 4 is 22.8 Å². The van der Waals surface area contributed by atoms with Crippen LogP contribution in [0.15, 0.2) is 48.5 Å². The third kappa shape index (κ3) is 4.49. The van der Waals surface area contributed by atoms with E-state index in [1.807, 2.05) is 48.5 Å². The molecule has 0 atom stereocenters. The topological polar surface area (TPSA) is 71.2 Å². The molecule has 2 aromatic carbocycles. The molecule has 0 saturated heterocycles. The van der Waals surface area contributed by atoms with Crippen LogP contribution in [0.3, 0.4) is 0 Å². The predicted molar refractivity (Wildman–Crippen MR) is 112 cm³/mol. The molecule has 1 amide bonds. The van der Waals surface area contributed by atoms with E-state index < -0.39 is 6.09 Å². The number of alkyl carbamates (subject to hydrolysis) is 1. The quantitative estimate of drug-likeness (QED) is 0.517. The van der Waals surface area contributed by atoms with Gasteiger partial charge in [-0.05, 0) is 42.2 Å². The molecule has 1 aromatic heterocycles. The molecule has 1 aliphatic carbocycles. The van der Waals surface area contributed by atoms with Gasteiger partial charge in [-0.1, -0.05) is 42.2 Å². The number of carbonyl (C=O) groups is 2. The fourth-order valence-electron chi connectivity index (χ4n) is 3.54. The highest BCUT2D eigenvalue weighted by Crippen LogP contribution is 2.29. The van der Waals surface area contributed by atoms with Gasteiger partial charge in [0, 0.05) is 35.9 Å². The molecule has 5 nitrogen and oxygen atoms in total. The molecule has 0 unspecified atom stereocenters. The Hall–Kier alpha value is -3.52. The number of Topliss-reactive ketones (excluding diaryl/α,β-unsaturated/α-hetero) is 1. The molecular formula is C24H22N2O3. The molecule has 1 heterocycles. The van der Waals surface area contributed by atoms with E-state index in [2.05, 4.69) is 22.1 Å². The highest BCUT2D eigenvalue weighted by molar-refractivity contribution is 6.03. The lowest BCUT2D eigenvalue weighted by Gasteiger charge is -2.09. The van der Waals surface area contributed by atoms with Crippen LogP contribution in [0.5, 0.6) is 0 Å². The first-order chi connectivity index (χ1) is 14.2. The fourth-order valence-corrected chi connectivity index (χ4v) is 3.54. The molecule has 0 bridgehead atoms. The van der Waals surface area contributed by atoms with Gasteiger partial charge >= 0.3 is 6.09 Å². The van der Waals surface area contributed by atoms with Crippen molar-refractivity contribution in [3.8, 4) is 11.8 Å². The third-order valence-electron chi connectivity index (χ3n) is 4.98. The number of H-pyrrole nitrogens is 1. The van der Waals surface area contributed by atoms with E-state index in [1.165, 1.54) is 0 Å². The minimum Gasteiger partial charge on any atom is -0.445 e. The highest BCUT2D eigenvalue weighted by atomic mass is 16.5. The van der Waals surface area contributed by atoms with E-state index in [4.69, 9.17) is 4.74 Å². The van der Waals surface area contributed by atoms with E-state index in [9.17, 15) is 9.59 Å². The van der Waals surface area contributed by atoms with E-state index in [-0.39, 0.29) is 12.4 Å². The van der Waals surface area contributed by atoms with Gasteiger partial charge in [-0.25, -0.2) is 4.79 Å². The summed E-state index contributed by atoms with van der Waals surface area (Å²) in [6.07, 6.45) is 2.53. The number of rotatable bonds is 4. The number of ether oxygens (including phenoxy) is 1. The summed E-state index contributed by atoms with van der Waals surface area (Å²) in [5.74, 6) is 6.41. The van der Waals surface area contributed by atoms with Crippen LogP contribution in [-0.2, 0) is 17.8 Å². The van der Waals surface area contributed by atoms with Gasteiger partial charge in [-0.3, -0.25) is 4.79 Å². The van der Waals surface area contributed by atoms with Crippen LogP contribution in [0.2, 0.25) is 0 Å². The van der Waals surface area contributed by atoms with Crippen molar-refractivity contribution in [3.63, 3.8) is 0 Å². The Morgan fingerprint density at radius 2 is 2.00 bits per heavy atom. The number of aromatic amines is 1. The average molecular weight is 386 g/mol. The van der Waals surface area contributed by atoms with E-state index >= 15 is 0 Å². The van der Waals surface area contributed by atoms with Gasteiger partial charge in [0.15, 0.2) is 5.78 Å². The van der Waals surface area contributed by atoms with Gasteiger partial charge in [0.2, 0.25) is 0 Å². The maximum absolute atomic E-state index is 12.1. The van der Waals surface area contributed by atoms with Crippen molar-refractivity contribution in [1.82, 2.24) is 10.3 Å². The Morgan fingerprint density at radius 3 is 2.86 bits per heavy atom. The summed E-state index contributed by atoms with van der Waals surface area (Å²) in [4.78, 5) is 27.0. The summed E-state index contributed by atoms with van der Waals surface area (Å²) in [6.45, 7) is 0.679. The Bertz CT molecular complexity index is 1100. The van der Waals surface area contributed by atoms with Gasteiger partial charge in [0.05, 0.1) is 5.69 Å². The van der Waals surface area contributed by atoms with Crippen LogP contribution < -0.4 is 5.32 Å². The smallest absolute Gasteiger partial charge is 0.407 e. The summed E-state index contributed by atoms with van der Waals surface area (Å²) in [7, 11) is 0. The second-order valence-corrected chi connectivity index (χ2v) is 7.06. The van der Waals surface area contributed by atoms with Gasteiger partial charge in [-0.15, -0.1) is 0 Å². The summed E-state index contributed by atoms with van der Waals surface area (Å²) in [5, 5.41) is 3.79. The van der Waals surface area contributed by atoms with Gasteiger partial charge < -0.3 is 15.0 Å². The number of carbonyl (C=O) groups excluding carboxylic acids is 2. The van der Waals surface area contributed by atoms with Crippen molar-refractivity contribution in [1.29, 1.82) is 0 Å². The molecule has 1 aliphatic rings. The average Bonchev–Trinajstić information content (AvgIpc) is 3.12. The standard InChI is InChI=1S/C24H22N2O3/c27-22-11-6-10-19-20-15-17(12-13-21(20)26-23(19)22)7-4-5-14-25-24(28)29-16-18-8-2-1-3-9-18/h1-3,8-9,12-13,15,26H,5-6,10-11,14,16H2,(H,25,28). The van der Waals surface area contributed by atoms with Crippen LogP contribution in [0.4, 0.5) is 4.79 Å². The number of amides is 1. The Labute approximate surface area is 169 Å². The zero-order valence-electron chi connectivity index (χ0n) is 16.1.